The normalized spacial score (nSPS) is 10.7. The third kappa shape index (κ3) is 2.79. The van der Waals surface area contributed by atoms with Crippen LogP contribution in [0.15, 0.2) is 23.4 Å². The molecule has 0 atom stereocenters. The number of aromatic carboxylic acids is 1. The Hall–Kier alpha value is -1.91. The third-order valence-electron chi connectivity index (χ3n) is 1.62. The molecule has 0 bridgehead atoms. The molecule has 0 unspecified atom stereocenters. The average Bonchev–Trinajstić information content (AvgIpc) is 2.26. The van der Waals surface area contributed by atoms with Crippen LogP contribution in [0.3, 0.4) is 0 Å². The number of sulfonamides is 1. The maximum Gasteiger partial charge on any atom is 0.337 e. The summed E-state index contributed by atoms with van der Waals surface area (Å²) in [4.78, 5) is 14.0. The Morgan fingerprint density at radius 1 is 1.56 bits per heavy atom. The molecule has 0 aromatic carbocycles. The van der Waals surface area contributed by atoms with E-state index in [1.54, 1.807) is 0 Å². The van der Waals surface area contributed by atoms with Gasteiger partial charge >= 0.3 is 5.97 Å². The lowest BCUT2D eigenvalue weighted by Gasteiger charge is -2.02. The Kier molecular flexibility index (Phi) is 3.60. The highest BCUT2D eigenvalue weighted by atomic mass is 32.2. The summed E-state index contributed by atoms with van der Waals surface area (Å²) in [5.41, 5.74) is -0.0871. The van der Waals surface area contributed by atoms with Crippen LogP contribution in [0, 0.1) is 12.3 Å². The van der Waals surface area contributed by atoms with Crippen molar-refractivity contribution in [2.75, 3.05) is 6.54 Å². The van der Waals surface area contributed by atoms with Gasteiger partial charge in [-0.3, -0.25) is 0 Å². The minimum atomic E-state index is -3.76. The maximum absolute atomic E-state index is 11.5. The number of nitrogens with one attached hydrogen (secondary N) is 1. The van der Waals surface area contributed by atoms with Gasteiger partial charge in [0.25, 0.3) is 10.0 Å². The van der Waals surface area contributed by atoms with E-state index in [1.807, 2.05) is 0 Å². The molecule has 7 heteroatoms. The Labute approximate surface area is 92.4 Å². The van der Waals surface area contributed by atoms with E-state index < -0.39 is 16.0 Å². The van der Waals surface area contributed by atoms with Gasteiger partial charge in [0.1, 0.15) is 0 Å². The smallest absolute Gasteiger partial charge is 0.337 e. The van der Waals surface area contributed by atoms with Gasteiger partial charge in [0, 0.05) is 6.20 Å². The molecule has 0 fully saturated rings. The van der Waals surface area contributed by atoms with E-state index in [0.717, 1.165) is 18.3 Å². The lowest BCUT2D eigenvalue weighted by atomic mass is 10.3. The largest absolute Gasteiger partial charge is 0.478 e. The minimum absolute atomic E-state index is 0.0871. The summed E-state index contributed by atoms with van der Waals surface area (Å²) in [7, 11) is -3.76. The van der Waals surface area contributed by atoms with Crippen molar-refractivity contribution in [1.82, 2.24) is 9.71 Å². The molecule has 2 N–H and O–H groups in total. The Bertz CT molecular complexity index is 528. The molecule has 84 valence electrons. The first-order valence-corrected chi connectivity index (χ1v) is 5.58. The summed E-state index contributed by atoms with van der Waals surface area (Å²) < 4.78 is 25.0. The molecular formula is C9H8N2O4S. The van der Waals surface area contributed by atoms with Gasteiger partial charge < -0.3 is 5.11 Å². The predicted molar refractivity (Wildman–Crippen MR) is 55.2 cm³/mol. The van der Waals surface area contributed by atoms with Gasteiger partial charge in [-0.15, -0.1) is 6.42 Å². The monoisotopic (exact) mass is 240 g/mol. The third-order valence-corrected chi connectivity index (χ3v) is 2.94. The number of carboxylic acid groups (broad SMARTS) is 1. The molecule has 1 rings (SSSR count). The Morgan fingerprint density at radius 2 is 2.25 bits per heavy atom. The van der Waals surface area contributed by atoms with E-state index in [0.29, 0.717) is 0 Å². The fourth-order valence-corrected chi connectivity index (χ4v) is 1.74. The number of terminal acetylenes is 1. The van der Waals surface area contributed by atoms with Crippen molar-refractivity contribution < 1.29 is 18.3 Å². The number of carboxylic acids is 1. The first kappa shape index (κ1) is 12.2. The molecule has 0 radical (unpaired) electrons. The Balaban J connectivity index is 2.98. The topological polar surface area (TPSA) is 96.4 Å². The summed E-state index contributed by atoms with van der Waals surface area (Å²) in [5.74, 6) is 0.938. The Morgan fingerprint density at radius 3 is 2.69 bits per heavy atom. The zero-order valence-corrected chi connectivity index (χ0v) is 8.86. The van der Waals surface area contributed by atoms with Crippen LogP contribution in [0.25, 0.3) is 0 Å². The number of aromatic nitrogens is 1. The summed E-state index contributed by atoms with van der Waals surface area (Å²) in [6.45, 7) is -0.148. The zero-order chi connectivity index (χ0) is 12.2. The van der Waals surface area contributed by atoms with Crippen LogP contribution < -0.4 is 4.72 Å². The molecule has 1 aromatic rings. The molecule has 0 spiro atoms. The number of hydrogen-bond acceptors (Lipinski definition) is 4. The van der Waals surface area contributed by atoms with Crippen molar-refractivity contribution in [2.45, 2.75) is 5.03 Å². The first-order chi connectivity index (χ1) is 7.47. The van der Waals surface area contributed by atoms with Crippen molar-refractivity contribution in [3.8, 4) is 12.3 Å². The van der Waals surface area contributed by atoms with Gasteiger partial charge in [-0.1, -0.05) is 5.92 Å². The summed E-state index contributed by atoms with van der Waals surface area (Å²) in [5, 5.41) is 8.32. The van der Waals surface area contributed by atoms with Crippen LogP contribution in [0.4, 0.5) is 0 Å². The van der Waals surface area contributed by atoms with Crippen LogP contribution in [0.1, 0.15) is 10.4 Å². The molecule has 0 aliphatic carbocycles. The van der Waals surface area contributed by atoms with Crippen LogP contribution in [-0.2, 0) is 10.0 Å². The molecule has 0 aliphatic rings. The molecule has 0 amide bonds. The molecule has 6 nitrogen and oxygen atoms in total. The zero-order valence-electron chi connectivity index (χ0n) is 8.04. The number of carbonyl (C=O) groups is 1. The van der Waals surface area contributed by atoms with Crippen LogP contribution in [-0.4, -0.2) is 31.0 Å². The highest BCUT2D eigenvalue weighted by Gasteiger charge is 2.15. The lowest BCUT2D eigenvalue weighted by Crippen LogP contribution is -2.24. The SMILES string of the molecule is C#CCNS(=O)(=O)c1ccc(C(=O)O)cn1. The van der Waals surface area contributed by atoms with E-state index in [2.05, 4.69) is 15.6 Å². The number of rotatable bonds is 4. The van der Waals surface area contributed by atoms with Crippen LogP contribution >= 0.6 is 0 Å². The molecule has 0 saturated heterocycles. The van der Waals surface area contributed by atoms with Crippen molar-refractivity contribution >= 4 is 16.0 Å². The number of hydrogen-bond donors (Lipinski definition) is 2. The van der Waals surface area contributed by atoms with Gasteiger partial charge in [-0.2, -0.15) is 4.72 Å². The van der Waals surface area contributed by atoms with Gasteiger partial charge in [0.2, 0.25) is 0 Å². The molecule has 0 saturated carbocycles. The fraction of sp³-hybridized carbons (Fsp3) is 0.111. The molecule has 1 heterocycles. The van der Waals surface area contributed by atoms with Gasteiger partial charge in [0.15, 0.2) is 5.03 Å². The standard InChI is InChI=1S/C9H8N2O4S/c1-2-5-11-16(14,15)8-4-3-7(6-10-8)9(12)13/h1,3-4,6,11H,5H2,(H,12,13). The highest BCUT2D eigenvalue weighted by Crippen LogP contribution is 2.06. The fourth-order valence-electron chi connectivity index (χ4n) is 0.876. The second kappa shape index (κ2) is 4.74. The lowest BCUT2D eigenvalue weighted by molar-refractivity contribution is 0.0696. The maximum atomic E-state index is 11.5. The van der Waals surface area contributed by atoms with E-state index in [1.165, 1.54) is 0 Å². The van der Waals surface area contributed by atoms with Crippen LogP contribution in [0.5, 0.6) is 0 Å². The van der Waals surface area contributed by atoms with E-state index in [-0.39, 0.29) is 17.1 Å². The number of nitrogens with zero attached hydrogens (tertiary/aromatic N) is 1. The first-order valence-electron chi connectivity index (χ1n) is 4.10. The average molecular weight is 240 g/mol. The second-order valence-electron chi connectivity index (χ2n) is 2.72. The molecular weight excluding hydrogens is 232 g/mol. The highest BCUT2D eigenvalue weighted by molar-refractivity contribution is 7.89. The number of pyridine rings is 1. The summed E-state index contributed by atoms with van der Waals surface area (Å²) in [6.07, 6.45) is 5.87. The van der Waals surface area contributed by atoms with Crippen molar-refractivity contribution in [3.05, 3.63) is 23.9 Å². The van der Waals surface area contributed by atoms with E-state index in [9.17, 15) is 13.2 Å². The molecule has 1 aromatic heterocycles. The van der Waals surface area contributed by atoms with E-state index >= 15 is 0 Å². The molecule has 16 heavy (non-hydrogen) atoms. The summed E-state index contributed by atoms with van der Waals surface area (Å²) in [6, 6.07) is 2.25. The predicted octanol–water partition coefficient (Wildman–Crippen LogP) is -0.309. The second-order valence-corrected chi connectivity index (χ2v) is 4.43. The van der Waals surface area contributed by atoms with Crippen molar-refractivity contribution in [2.24, 2.45) is 0 Å². The van der Waals surface area contributed by atoms with E-state index in [4.69, 9.17) is 11.5 Å². The van der Waals surface area contributed by atoms with Crippen LogP contribution in [0.2, 0.25) is 0 Å². The van der Waals surface area contributed by atoms with Crippen molar-refractivity contribution in [3.63, 3.8) is 0 Å². The van der Waals surface area contributed by atoms with Crippen molar-refractivity contribution in [1.29, 1.82) is 0 Å². The van der Waals surface area contributed by atoms with Gasteiger partial charge in [-0.25, -0.2) is 18.2 Å². The summed E-state index contributed by atoms with van der Waals surface area (Å²) >= 11 is 0. The minimum Gasteiger partial charge on any atom is -0.478 e. The molecule has 0 aliphatic heterocycles. The quantitative estimate of drug-likeness (QED) is 0.704. The van der Waals surface area contributed by atoms with Gasteiger partial charge in [-0.05, 0) is 12.1 Å². The van der Waals surface area contributed by atoms with Gasteiger partial charge in [0.05, 0.1) is 12.1 Å².